The molecule has 0 atom stereocenters. The minimum atomic E-state index is -0.402. The van der Waals surface area contributed by atoms with Gasteiger partial charge >= 0.3 is 5.97 Å². The van der Waals surface area contributed by atoms with Gasteiger partial charge in [0.2, 0.25) is 11.8 Å². The fraction of sp³-hybridized carbons (Fsp3) is 0.300. The molecule has 3 aromatic rings. The molecule has 0 saturated heterocycles. The molecular formula is C20H18FN3O4S2. The maximum absolute atomic E-state index is 13.0. The molecule has 2 aromatic heterocycles. The third-order valence-corrected chi connectivity index (χ3v) is 6.50. The molecule has 1 aliphatic rings. The van der Waals surface area contributed by atoms with Crippen molar-refractivity contribution < 1.29 is 23.1 Å². The van der Waals surface area contributed by atoms with Crippen LogP contribution in [0.3, 0.4) is 0 Å². The molecule has 0 saturated carbocycles. The highest BCUT2D eigenvalue weighted by atomic mass is 32.2. The molecule has 0 unspecified atom stereocenters. The quantitative estimate of drug-likeness (QED) is 0.425. The first-order chi connectivity index (χ1) is 14.5. The number of aromatic nitrogens is 2. The summed E-state index contributed by atoms with van der Waals surface area (Å²) in [6, 6.07) is 5.69. The number of hydrogen-bond acceptors (Lipinski definition) is 8. The molecule has 2 heterocycles. The lowest BCUT2D eigenvalue weighted by molar-refractivity contribution is -0.113. The average molecular weight is 448 g/mol. The SMILES string of the molecule is CCOC(=O)c1c(NC(=O)CSc2nnc(-c3ccc(F)cc3)o2)sc2c1CCC2. The van der Waals surface area contributed by atoms with E-state index in [-0.39, 0.29) is 35.2 Å². The van der Waals surface area contributed by atoms with E-state index in [1.165, 1.54) is 35.6 Å². The molecule has 1 N–H and O–H groups in total. The molecule has 0 radical (unpaired) electrons. The van der Waals surface area contributed by atoms with Crippen molar-refractivity contribution in [3.05, 3.63) is 46.1 Å². The van der Waals surface area contributed by atoms with Crippen LogP contribution >= 0.6 is 23.1 Å². The number of rotatable bonds is 7. The number of aryl methyl sites for hydroxylation is 1. The van der Waals surface area contributed by atoms with Crippen molar-refractivity contribution in [2.45, 2.75) is 31.4 Å². The summed E-state index contributed by atoms with van der Waals surface area (Å²) in [7, 11) is 0. The number of anilines is 1. The van der Waals surface area contributed by atoms with Crippen LogP contribution in [-0.4, -0.2) is 34.4 Å². The van der Waals surface area contributed by atoms with Crippen molar-refractivity contribution in [3.8, 4) is 11.5 Å². The Labute approximate surface area is 180 Å². The summed E-state index contributed by atoms with van der Waals surface area (Å²) in [5, 5.41) is 11.4. The van der Waals surface area contributed by atoms with Gasteiger partial charge in [0.05, 0.1) is 17.9 Å². The number of benzene rings is 1. The number of nitrogens with zero attached hydrogens (tertiary/aromatic N) is 2. The molecule has 4 rings (SSSR count). The van der Waals surface area contributed by atoms with Crippen LogP contribution in [0, 0.1) is 5.82 Å². The molecule has 10 heteroatoms. The Morgan fingerprint density at radius 2 is 2.07 bits per heavy atom. The van der Waals surface area contributed by atoms with Gasteiger partial charge in [-0.2, -0.15) is 0 Å². The van der Waals surface area contributed by atoms with E-state index in [0.29, 0.717) is 16.1 Å². The van der Waals surface area contributed by atoms with Gasteiger partial charge in [0.1, 0.15) is 10.8 Å². The van der Waals surface area contributed by atoms with Gasteiger partial charge in [-0.3, -0.25) is 4.79 Å². The van der Waals surface area contributed by atoms with Crippen LogP contribution in [-0.2, 0) is 22.4 Å². The Hall–Kier alpha value is -2.72. The van der Waals surface area contributed by atoms with Crippen LogP contribution in [0.15, 0.2) is 33.9 Å². The molecule has 1 aromatic carbocycles. The number of ether oxygens (including phenoxy) is 1. The molecule has 1 aliphatic carbocycles. The van der Waals surface area contributed by atoms with E-state index in [4.69, 9.17) is 9.15 Å². The number of esters is 1. The van der Waals surface area contributed by atoms with Gasteiger partial charge < -0.3 is 14.5 Å². The maximum Gasteiger partial charge on any atom is 0.341 e. The van der Waals surface area contributed by atoms with E-state index >= 15 is 0 Å². The van der Waals surface area contributed by atoms with Crippen molar-refractivity contribution >= 4 is 40.0 Å². The van der Waals surface area contributed by atoms with Crippen molar-refractivity contribution in [1.29, 1.82) is 0 Å². The first-order valence-corrected chi connectivity index (χ1v) is 11.2. The summed E-state index contributed by atoms with van der Waals surface area (Å²) in [5.74, 6) is -0.758. The van der Waals surface area contributed by atoms with Crippen LogP contribution in [0.4, 0.5) is 9.39 Å². The lowest BCUT2D eigenvalue weighted by Crippen LogP contribution is -2.16. The number of thiophene rings is 1. The zero-order valence-corrected chi connectivity index (χ0v) is 17.7. The zero-order chi connectivity index (χ0) is 21.1. The highest BCUT2D eigenvalue weighted by Crippen LogP contribution is 2.39. The van der Waals surface area contributed by atoms with Crippen molar-refractivity contribution in [2.24, 2.45) is 0 Å². The summed E-state index contributed by atoms with van der Waals surface area (Å²) in [6.07, 6.45) is 2.73. The van der Waals surface area contributed by atoms with Gasteiger partial charge in [0.15, 0.2) is 0 Å². The lowest BCUT2D eigenvalue weighted by Gasteiger charge is -2.07. The van der Waals surface area contributed by atoms with E-state index in [2.05, 4.69) is 15.5 Å². The topological polar surface area (TPSA) is 94.3 Å². The van der Waals surface area contributed by atoms with Crippen LogP contribution in [0.2, 0.25) is 0 Å². The highest BCUT2D eigenvalue weighted by molar-refractivity contribution is 7.99. The molecule has 156 valence electrons. The third-order valence-electron chi connectivity index (χ3n) is 4.48. The fourth-order valence-electron chi connectivity index (χ4n) is 3.18. The maximum atomic E-state index is 13.0. The fourth-order valence-corrected chi connectivity index (χ4v) is 5.04. The first kappa shape index (κ1) is 20.5. The number of carbonyl (C=O) groups excluding carboxylic acids is 2. The Balaban J connectivity index is 1.40. The van der Waals surface area contributed by atoms with Gasteiger partial charge in [-0.05, 0) is 56.0 Å². The highest BCUT2D eigenvalue weighted by Gasteiger charge is 2.28. The number of hydrogen-bond donors (Lipinski definition) is 1. The second-order valence-electron chi connectivity index (χ2n) is 6.50. The molecule has 0 bridgehead atoms. The van der Waals surface area contributed by atoms with Crippen LogP contribution in [0.5, 0.6) is 0 Å². The number of nitrogens with one attached hydrogen (secondary N) is 1. The monoisotopic (exact) mass is 447 g/mol. The number of fused-ring (bicyclic) bond motifs is 1. The van der Waals surface area contributed by atoms with Crippen molar-refractivity contribution in [2.75, 3.05) is 17.7 Å². The summed E-state index contributed by atoms with van der Waals surface area (Å²) < 4.78 is 23.7. The summed E-state index contributed by atoms with van der Waals surface area (Å²) in [4.78, 5) is 26.0. The molecule has 1 amide bonds. The average Bonchev–Trinajstić information content (AvgIpc) is 3.43. The van der Waals surface area contributed by atoms with E-state index in [0.717, 1.165) is 41.5 Å². The normalized spacial score (nSPS) is 12.6. The molecular weight excluding hydrogens is 429 g/mol. The molecule has 7 nitrogen and oxygen atoms in total. The van der Waals surface area contributed by atoms with E-state index in [9.17, 15) is 14.0 Å². The van der Waals surface area contributed by atoms with Gasteiger partial charge in [-0.1, -0.05) is 11.8 Å². The molecule has 0 fully saturated rings. The lowest BCUT2D eigenvalue weighted by atomic mass is 10.1. The minimum Gasteiger partial charge on any atom is -0.462 e. The molecule has 0 spiro atoms. The molecule has 30 heavy (non-hydrogen) atoms. The van der Waals surface area contributed by atoms with Crippen molar-refractivity contribution in [1.82, 2.24) is 10.2 Å². The third kappa shape index (κ3) is 4.39. The Morgan fingerprint density at radius 1 is 1.27 bits per heavy atom. The molecule has 0 aliphatic heterocycles. The standard InChI is InChI=1S/C20H18FN3O4S2/c1-2-27-19(26)16-13-4-3-5-14(13)30-18(16)22-15(25)10-29-20-24-23-17(28-20)11-6-8-12(21)9-7-11/h6-9H,2-5,10H2,1H3,(H,22,25). The largest absolute Gasteiger partial charge is 0.462 e. The predicted octanol–water partition coefficient (Wildman–Crippen LogP) is 4.33. The van der Waals surface area contributed by atoms with E-state index < -0.39 is 5.97 Å². The second-order valence-corrected chi connectivity index (χ2v) is 8.53. The summed E-state index contributed by atoms with van der Waals surface area (Å²) in [5.41, 5.74) is 2.05. The number of amides is 1. The number of thioether (sulfide) groups is 1. The Morgan fingerprint density at radius 3 is 2.83 bits per heavy atom. The predicted molar refractivity (Wildman–Crippen MR) is 111 cm³/mol. The van der Waals surface area contributed by atoms with Gasteiger partial charge in [-0.25, -0.2) is 9.18 Å². The van der Waals surface area contributed by atoms with Gasteiger partial charge in [-0.15, -0.1) is 21.5 Å². The van der Waals surface area contributed by atoms with Crippen LogP contribution in [0.25, 0.3) is 11.5 Å². The minimum absolute atomic E-state index is 0.0376. The smallest absolute Gasteiger partial charge is 0.341 e. The van der Waals surface area contributed by atoms with E-state index in [1.54, 1.807) is 6.92 Å². The van der Waals surface area contributed by atoms with Crippen LogP contribution in [0.1, 0.15) is 34.1 Å². The van der Waals surface area contributed by atoms with E-state index in [1.807, 2.05) is 0 Å². The number of halogens is 1. The zero-order valence-electron chi connectivity index (χ0n) is 16.1. The Kier molecular flexibility index (Phi) is 6.14. The number of carbonyl (C=O) groups is 2. The summed E-state index contributed by atoms with van der Waals surface area (Å²) >= 11 is 2.52. The second kappa shape index (κ2) is 8.97. The van der Waals surface area contributed by atoms with Crippen molar-refractivity contribution in [3.63, 3.8) is 0 Å². The van der Waals surface area contributed by atoms with Gasteiger partial charge in [0, 0.05) is 10.4 Å². The van der Waals surface area contributed by atoms with Gasteiger partial charge in [0.25, 0.3) is 5.22 Å². The Bertz CT molecular complexity index is 1080. The first-order valence-electron chi connectivity index (χ1n) is 9.39. The summed E-state index contributed by atoms with van der Waals surface area (Å²) in [6.45, 7) is 2.03. The van der Waals surface area contributed by atoms with Crippen LogP contribution < -0.4 is 5.32 Å².